The SMILES string of the molecule is CCN(C(=O)C(C)=O)[C@@H](C)C(=O)OC(C)(C)C. The first-order valence-corrected chi connectivity index (χ1v) is 5.64. The smallest absolute Gasteiger partial charge is 0.329 e. The maximum atomic E-state index is 11.8. The molecule has 0 aliphatic rings. The van der Waals surface area contributed by atoms with Crippen LogP contribution in [0.3, 0.4) is 0 Å². The summed E-state index contributed by atoms with van der Waals surface area (Å²) in [6.45, 7) is 9.99. The Morgan fingerprint density at radius 2 is 1.71 bits per heavy atom. The Hall–Kier alpha value is -1.39. The number of hydrogen-bond acceptors (Lipinski definition) is 4. The van der Waals surface area contributed by atoms with Gasteiger partial charge in [-0.25, -0.2) is 4.79 Å². The maximum Gasteiger partial charge on any atom is 0.329 e. The summed E-state index contributed by atoms with van der Waals surface area (Å²) in [4.78, 5) is 35.5. The lowest BCUT2D eigenvalue weighted by molar-refractivity contribution is -0.164. The van der Waals surface area contributed by atoms with Crippen molar-refractivity contribution in [1.29, 1.82) is 0 Å². The van der Waals surface area contributed by atoms with E-state index in [1.807, 2.05) is 0 Å². The second-order valence-corrected chi connectivity index (χ2v) is 4.86. The van der Waals surface area contributed by atoms with Crippen molar-refractivity contribution in [2.75, 3.05) is 6.54 Å². The molecule has 0 N–H and O–H groups in total. The standard InChI is InChI=1S/C12H21NO4/c1-7-13(10(15)9(3)14)8(2)11(16)17-12(4,5)6/h8H,7H2,1-6H3/t8-/m0/s1. The van der Waals surface area contributed by atoms with Gasteiger partial charge in [-0.05, 0) is 34.6 Å². The Bertz CT molecular complexity index is 317. The summed E-state index contributed by atoms with van der Waals surface area (Å²) in [7, 11) is 0. The maximum absolute atomic E-state index is 11.8. The predicted molar refractivity (Wildman–Crippen MR) is 63.4 cm³/mol. The van der Waals surface area contributed by atoms with Gasteiger partial charge in [-0.15, -0.1) is 0 Å². The molecule has 0 heterocycles. The number of carbonyl (C=O) groups is 3. The fraction of sp³-hybridized carbons (Fsp3) is 0.750. The highest BCUT2D eigenvalue weighted by Crippen LogP contribution is 2.11. The van der Waals surface area contributed by atoms with Crippen LogP contribution in [0, 0.1) is 0 Å². The number of likely N-dealkylation sites (N-methyl/N-ethyl adjacent to an activating group) is 1. The summed E-state index contributed by atoms with van der Waals surface area (Å²) in [5.74, 6) is -1.75. The molecule has 5 nitrogen and oxygen atoms in total. The average molecular weight is 243 g/mol. The summed E-state index contributed by atoms with van der Waals surface area (Å²) >= 11 is 0. The van der Waals surface area contributed by atoms with E-state index in [0.717, 1.165) is 0 Å². The fourth-order valence-electron chi connectivity index (χ4n) is 1.31. The van der Waals surface area contributed by atoms with Crippen molar-refractivity contribution in [2.24, 2.45) is 0 Å². The summed E-state index contributed by atoms with van der Waals surface area (Å²) in [6.07, 6.45) is 0. The molecule has 0 spiro atoms. The zero-order chi connectivity index (χ0) is 13.8. The molecule has 0 aliphatic heterocycles. The van der Waals surface area contributed by atoms with Crippen LogP contribution in [-0.4, -0.2) is 40.7 Å². The first-order chi connectivity index (χ1) is 7.60. The molecule has 0 rings (SSSR count). The number of amides is 1. The Balaban J connectivity index is 4.76. The molecule has 0 radical (unpaired) electrons. The van der Waals surface area contributed by atoms with Gasteiger partial charge in [-0.1, -0.05) is 0 Å². The fourth-order valence-corrected chi connectivity index (χ4v) is 1.31. The molecular formula is C12H21NO4. The minimum absolute atomic E-state index is 0.290. The quantitative estimate of drug-likeness (QED) is 0.549. The van der Waals surface area contributed by atoms with Gasteiger partial charge in [0.1, 0.15) is 11.6 Å². The molecule has 98 valence electrons. The Morgan fingerprint density at radius 3 is 2.00 bits per heavy atom. The molecule has 0 saturated heterocycles. The van der Waals surface area contributed by atoms with Crippen LogP contribution in [0.5, 0.6) is 0 Å². The van der Waals surface area contributed by atoms with E-state index in [1.165, 1.54) is 11.8 Å². The summed E-state index contributed by atoms with van der Waals surface area (Å²) in [6, 6.07) is -0.754. The van der Waals surface area contributed by atoms with Gasteiger partial charge in [0.15, 0.2) is 0 Å². The lowest BCUT2D eigenvalue weighted by Gasteiger charge is -2.28. The second kappa shape index (κ2) is 5.80. The van der Waals surface area contributed by atoms with Crippen LogP contribution in [0.1, 0.15) is 41.5 Å². The molecule has 0 fully saturated rings. The van der Waals surface area contributed by atoms with Gasteiger partial charge in [-0.3, -0.25) is 9.59 Å². The van der Waals surface area contributed by atoms with Gasteiger partial charge in [0.25, 0.3) is 5.91 Å². The van der Waals surface area contributed by atoms with E-state index in [4.69, 9.17) is 4.74 Å². The first-order valence-electron chi connectivity index (χ1n) is 5.64. The van der Waals surface area contributed by atoms with E-state index in [9.17, 15) is 14.4 Å². The Morgan fingerprint density at radius 1 is 1.24 bits per heavy atom. The van der Waals surface area contributed by atoms with Crippen LogP contribution in [0.15, 0.2) is 0 Å². The third kappa shape index (κ3) is 4.97. The third-order valence-corrected chi connectivity index (χ3v) is 2.12. The largest absolute Gasteiger partial charge is 0.458 e. The number of esters is 1. The van der Waals surface area contributed by atoms with E-state index in [1.54, 1.807) is 34.6 Å². The zero-order valence-corrected chi connectivity index (χ0v) is 11.4. The van der Waals surface area contributed by atoms with Crippen molar-refractivity contribution in [2.45, 2.75) is 53.2 Å². The van der Waals surface area contributed by atoms with Crippen molar-refractivity contribution in [1.82, 2.24) is 4.90 Å². The van der Waals surface area contributed by atoms with Crippen LogP contribution in [0.25, 0.3) is 0 Å². The molecule has 0 unspecified atom stereocenters. The molecule has 0 bridgehead atoms. The highest BCUT2D eigenvalue weighted by Gasteiger charge is 2.30. The van der Waals surface area contributed by atoms with E-state index in [0.29, 0.717) is 6.54 Å². The van der Waals surface area contributed by atoms with E-state index in [2.05, 4.69) is 0 Å². The predicted octanol–water partition coefficient (Wildman–Crippen LogP) is 1.15. The molecule has 17 heavy (non-hydrogen) atoms. The van der Waals surface area contributed by atoms with Crippen LogP contribution < -0.4 is 0 Å². The second-order valence-electron chi connectivity index (χ2n) is 4.86. The van der Waals surface area contributed by atoms with Crippen molar-refractivity contribution >= 4 is 17.7 Å². The monoisotopic (exact) mass is 243 g/mol. The molecule has 1 amide bonds. The van der Waals surface area contributed by atoms with Gasteiger partial charge in [-0.2, -0.15) is 0 Å². The molecule has 0 aliphatic carbocycles. The normalized spacial score (nSPS) is 12.8. The van der Waals surface area contributed by atoms with E-state index in [-0.39, 0.29) is 0 Å². The summed E-state index contributed by atoms with van der Waals surface area (Å²) in [5, 5.41) is 0. The summed E-state index contributed by atoms with van der Waals surface area (Å²) in [5.41, 5.74) is -0.607. The molecule has 0 aromatic heterocycles. The van der Waals surface area contributed by atoms with Crippen molar-refractivity contribution in [3.05, 3.63) is 0 Å². The number of nitrogens with zero attached hydrogens (tertiary/aromatic N) is 1. The third-order valence-electron chi connectivity index (χ3n) is 2.12. The van der Waals surface area contributed by atoms with Gasteiger partial charge in [0.05, 0.1) is 0 Å². The Kier molecular flexibility index (Phi) is 5.32. The van der Waals surface area contributed by atoms with Gasteiger partial charge in [0.2, 0.25) is 5.78 Å². The highest BCUT2D eigenvalue weighted by molar-refractivity contribution is 6.35. The zero-order valence-electron chi connectivity index (χ0n) is 11.4. The van der Waals surface area contributed by atoms with E-state index >= 15 is 0 Å². The lowest BCUT2D eigenvalue weighted by atomic mass is 10.2. The summed E-state index contributed by atoms with van der Waals surface area (Å²) < 4.78 is 5.17. The van der Waals surface area contributed by atoms with Gasteiger partial charge < -0.3 is 9.64 Å². The molecule has 0 saturated carbocycles. The van der Waals surface area contributed by atoms with Crippen molar-refractivity contribution < 1.29 is 19.1 Å². The minimum Gasteiger partial charge on any atom is -0.458 e. The molecule has 1 atom stereocenters. The number of carbonyl (C=O) groups excluding carboxylic acids is 3. The number of rotatable bonds is 4. The van der Waals surface area contributed by atoms with Crippen molar-refractivity contribution in [3.8, 4) is 0 Å². The molecule has 0 aromatic rings. The number of Topliss-reactive ketones (excluding diaryl/α,β-unsaturated/α-hetero) is 1. The number of hydrogen-bond donors (Lipinski definition) is 0. The van der Waals surface area contributed by atoms with Crippen molar-refractivity contribution in [3.63, 3.8) is 0 Å². The van der Waals surface area contributed by atoms with Gasteiger partial charge >= 0.3 is 5.97 Å². The van der Waals surface area contributed by atoms with Crippen LogP contribution >= 0.6 is 0 Å². The van der Waals surface area contributed by atoms with E-state index < -0.39 is 29.3 Å². The number of ketones is 1. The molecule has 0 aromatic carbocycles. The van der Waals surface area contributed by atoms with Crippen LogP contribution in [-0.2, 0) is 19.1 Å². The number of ether oxygens (including phenoxy) is 1. The lowest BCUT2D eigenvalue weighted by Crippen LogP contribution is -2.47. The highest BCUT2D eigenvalue weighted by atomic mass is 16.6. The average Bonchev–Trinajstić information content (AvgIpc) is 2.15. The van der Waals surface area contributed by atoms with Crippen LogP contribution in [0.2, 0.25) is 0 Å². The Labute approximate surface area is 102 Å². The molecule has 5 heteroatoms. The minimum atomic E-state index is -0.754. The first kappa shape index (κ1) is 15.6. The topological polar surface area (TPSA) is 63.7 Å². The van der Waals surface area contributed by atoms with Crippen LogP contribution in [0.4, 0.5) is 0 Å². The van der Waals surface area contributed by atoms with Gasteiger partial charge in [0, 0.05) is 13.5 Å². The molecular weight excluding hydrogens is 222 g/mol.